The average Bonchev–Trinajstić information content (AvgIpc) is 2.75. The highest BCUT2D eigenvalue weighted by molar-refractivity contribution is 6.17. The average molecular weight is 300 g/mol. The van der Waals surface area contributed by atoms with Gasteiger partial charge >= 0.3 is 0 Å². The molecule has 0 saturated heterocycles. The topological polar surface area (TPSA) is 70.1 Å². The number of fused-ring (bicyclic) bond motifs is 1. The van der Waals surface area contributed by atoms with Gasteiger partial charge in [-0.2, -0.15) is 0 Å². The number of nitrogens with two attached hydrogens (primary N) is 1. The molecule has 0 aliphatic heterocycles. The normalized spacial score (nSPS) is 11.8. The number of halogens is 2. The zero-order valence-corrected chi connectivity index (χ0v) is 12.2. The van der Waals surface area contributed by atoms with Gasteiger partial charge in [0.2, 0.25) is 5.91 Å². The third kappa shape index (κ3) is 2.10. The lowest BCUT2D eigenvalue weighted by Crippen LogP contribution is -2.41. The van der Waals surface area contributed by atoms with E-state index < -0.39 is 17.3 Å². The Bertz CT molecular complexity index is 682. The summed E-state index contributed by atoms with van der Waals surface area (Å²) >= 11 is 5.87. The first kappa shape index (κ1) is 14.6. The summed E-state index contributed by atoms with van der Waals surface area (Å²) in [7, 11) is 1.37. The monoisotopic (exact) mass is 299 g/mol. The molecule has 1 amide bonds. The molecule has 2 rings (SSSR count). The number of ether oxygens (including phenoxy) is 1. The van der Waals surface area contributed by atoms with Gasteiger partial charge in [-0.05, 0) is 13.8 Å². The minimum atomic E-state index is -1.04. The number of carbonyl (C=O) groups is 1. The molecule has 108 valence electrons. The fourth-order valence-electron chi connectivity index (χ4n) is 2.11. The minimum absolute atomic E-state index is 0.0695. The predicted octanol–water partition coefficient (Wildman–Crippen LogP) is 2.14. The Morgan fingerprint density at radius 1 is 1.55 bits per heavy atom. The summed E-state index contributed by atoms with van der Waals surface area (Å²) in [5, 5.41) is 0. The molecular formula is C13H15ClFN3O2. The predicted molar refractivity (Wildman–Crippen MR) is 74.3 cm³/mol. The quantitative estimate of drug-likeness (QED) is 0.879. The van der Waals surface area contributed by atoms with Gasteiger partial charge in [-0.15, -0.1) is 11.6 Å². The number of hydrogen-bond donors (Lipinski definition) is 1. The Kier molecular flexibility index (Phi) is 3.60. The van der Waals surface area contributed by atoms with Crippen molar-refractivity contribution >= 4 is 28.5 Å². The molecule has 0 atom stereocenters. The summed E-state index contributed by atoms with van der Waals surface area (Å²) < 4.78 is 20.3. The van der Waals surface area contributed by atoms with E-state index >= 15 is 0 Å². The number of carbonyl (C=O) groups excluding carboxylic acids is 1. The van der Waals surface area contributed by atoms with Crippen LogP contribution in [-0.4, -0.2) is 22.6 Å². The minimum Gasteiger partial charge on any atom is -0.494 e. The van der Waals surface area contributed by atoms with E-state index in [1.807, 2.05) is 0 Å². The first-order valence-electron chi connectivity index (χ1n) is 5.94. The van der Waals surface area contributed by atoms with Crippen molar-refractivity contribution in [1.29, 1.82) is 0 Å². The molecule has 5 nitrogen and oxygen atoms in total. The molecule has 1 aromatic carbocycles. The van der Waals surface area contributed by atoms with E-state index in [1.54, 1.807) is 18.4 Å². The van der Waals surface area contributed by atoms with E-state index in [1.165, 1.54) is 19.2 Å². The standard InChI is InChI=1S/C13H15ClFN3O2/c1-13(2,12(16)19)18-9-5-10(20-3)7(15)4-8(9)17-11(18)6-14/h4-5H,6H2,1-3H3,(H2,16,19). The molecule has 2 N–H and O–H groups in total. The second-order valence-corrected chi connectivity index (χ2v) is 5.16. The lowest BCUT2D eigenvalue weighted by Gasteiger charge is -2.25. The number of imidazole rings is 1. The van der Waals surface area contributed by atoms with E-state index in [4.69, 9.17) is 22.1 Å². The van der Waals surface area contributed by atoms with Gasteiger partial charge in [0.1, 0.15) is 11.4 Å². The van der Waals surface area contributed by atoms with E-state index in [0.29, 0.717) is 16.9 Å². The van der Waals surface area contributed by atoms with Crippen LogP contribution in [0.1, 0.15) is 19.7 Å². The van der Waals surface area contributed by atoms with Crippen LogP contribution in [0.5, 0.6) is 5.75 Å². The van der Waals surface area contributed by atoms with Crippen molar-refractivity contribution in [2.24, 2.45) is 5.73 Å². The summed E-state index contributed by atoms with van der Waals surface area (Å²) in [5.41, 5.74) is 5.34. The molecule has 0 spiro atoms. The highest BCUT2D eigenvalue weighted by Gasteiger charge is 2.31. The van der Waals surface area contributed by atoms with Crippen LogP contribution in [0.4, 0.5) is 4.39 Å². The van der Waals surface area contributed by atoms with Crippen LogP contribution in [-0.2, 0) is 16.2 Å². The first-order chi connectivity index (χ1) is 9.32. The van der Waals surface area contributed by atoms with Crippen molar-refractivity contribution in [3.63, 3.8) is 0 Å². The molecule has 0 saturated carbocycles. The fraction of sp³-hybridized carbons (Fsp3) is 0.385. The van der Waals surface area contributed by atoms with Gasteiger partial charge < -0.3 is 15.0 Å². The smallest absolute Gasteiger partial charge is 0.243 e. The molecule has 0 fully saturated rings. The number of primary amides is 1. The van der Waals surface area contributed by atoms with Gasteiger partial charge in [0, 0.05) is 12.1 Å². The van der Waals surface area contributed by atoms with Crippen LogP contribution in [0.3, 0.4) is 0 Å². The Balaban J connectivity index is 2.84. The zero-order chi connectivity index (χ0) is 15.1. The van der Waals surface area contributed by atoms with Gasteiger partial charge in [-0.25, -0.2) is 9.37 Å². The molecule has 7 heteroatoms. The molecule has 1 aromatic heterocycles. The van der Waals surface area contributed by atoms with E-state index in [0.717, 1.165) is 0 Å². The van der Waals surface area contributed by atoms with Gasteiger partial charge in [0.25, 0.3) is 0 Å². The van der Waals surface area contributed by atoms with Crippen LogP contribution in [0.2, 0.25) is 0 Å². The molecule has 0 unspecified atom stereocenters. The van der Waals surface area contributed by atoms with E-state index in [2.05, 4.69) is 4.98 Å². The highest BCUT2D eigenvalue weighted by Crippen LogP contribution is 2.30. The van der Waals surface area contributed by atoms with Gasteiger partial charge in [0.15, 0.2) is 11.6 Å². The Labute approximate surface area is 120 Å². The van der Waals surface area contributed by atoms with Crippen LogP contribution in [0.15, 0.2) is 12.1 Å². The van der Waals surface area contributed by atoms with Crippen molar-refractivity contribution in [2.45, 2.75) is 25.3 Å². The Morgan fingerprint density at radius 2 is 2.20 bits per heavy atom. The number of rotatable bonds is 4. The van der Waals surface area contributed by atoms with Gasteiger partial charge in [-0.3, -0.25) is 4.79 Å². The molecule has 20 heavy (non-hydrogen) atoms. The number of aromatic nitrogens is 2. The third-order valence-electron chi connectivity index (χ3n) is 3.28. The summed E-state index contributed by atoms with van der Waals surface area (Å²) in [6.07, 6.45) is 0. The third-order valence-corrected chi connectivity index (χ3v) is 3.52. The number of amides is 1. The number of benzene rings is 1. The number of methoxy groups -OCH3 is 1. The maximum Gasteiger partial charge on any atom is 0.243 e. The number of hydrogen-bond acceptors (Lipinski definition) is 3. The number of alkyl halides is 1. The fourth-order valence-corrected chi connectivity index (χ4v) is 2.29. The molecule has 0 radical (unpaired) electrons. The maximum absolute atomic E-state index is 13.7. The van der Waals surface area contributed by atoms with Crippen LogP contribution >= 0.6 is 11.6 Å². The van der Waals surface area contributed by atoms with Crippen molar-refractivity contribution in [2.75, 3.05) is 7.11 Å². The maximum atomic E-state index is 13.7. The van der Waals surface area contributed by atoms with Crippen LogP contribution in [0.25, 0.3) is 11.0 Å². The Hall–Kier alpha value is -1.82. The highest BCUT2D eigenvalue weighted by atomic mass is 35.5. The largest absolute Gasteiger partial charge is 0.494 e. The van der Waals surface area contributed by atoms with Crippen LogP contribution in [0, 0.1) is 5.82 Å². The molecule has 0 aliphatic carbocycles. The Morgan fingerprint density at radius 3 is 2.70 bits per heavy atom. The van der Waals surface area contributed by atoms with Gasteiger partial charge in [-0.1, -0.05) is 0 Å². The number of nitrogens with zero attached hydrogens (tertiary/aromatic N) is 2. The van der Waals surface area contributed by atoms with Crippen molar-refractivity contribution in [3.05, 3.63) is 23.8 Å². The summed E-state index contributed by atoms with van der Waals surface area (Å²) in [6, 6.07) is 2.73. The van der Waals surface area contributed by atoms with E-state index in [-0.39, 0.29) is 11.6 Å². The lowest BCUT2D eigenvalue weighted by atomic mass is 10.0. The molecule has 2 aromatic rings. The second-order valence-electron chi connectivity index (χ2n) is 4.90. The van der Waals surface area contributed by atoms with Gasteiger partial charge in [0.05, 0.1) is 24.0 Å². The van der Waals surface area contributed by atoms with Crippen molar-refractivity contribution < 1.29 is 13.9 Å². The van der Waals surface area contributed by atoms with Crippen LogP contribution < -0.4 is 10.5 Å². The second kappa shape index (κ2) is 4.94. The van der Waals surface area contributed by atoms with Crippen molar-refractivity contribution in [1.82, 2.24) is 9.55 Å². The summed E-state index contributed by atoms with van der Waals surface area (Å²) in [4.78, 5) is 15.9. The van der Waals surface area contributed by atoms with E-state index in [9.17, 15) is 9.18 Å². The molecule has 1 heterocycles. The lowest BCUT2D eigenvalue weighted by molar-refractivity contribution is -0.125. The SMILES string of the molecule is COc1cc2c(cc1F)nc(CCl)n2C(C)(C)C(N)=O. The molecular weight excluding hydrogens is 285 g/mol. The zero-order valence-electron chi connectivity index (χ0n) is 11.4. The molecule has 0 bridgehead atoms. The summed E-state index contributed by atoms with van der Waals surface area (Å²) in [5.74, 6) is -0.470. The molecule has 0 aliphatic rings. The first-order valence-corrected chi connectivity index (χ1v) is 6.47. The summed E-state index contributed by atoms with van der Waals surface area (Å²) in [6.45, 7) is 3.31. The van der Waals surface area contributed by atoms with Crippen molar-refractivity contribution in [3.8, 4) is 5.75 Å².